The Kier molecular flexibility index (Phi) is 6.56. The van der Waals surface area contributed by atoms with E-state index < -0.39 is 17.7 Å². The molecule has 2 aromatic carbocycles. The zero-order valence-corrected chi connectivity index (χ0v) is 16.0. The molecule has 29 heavy (non-hydrogen) atoms. The van der Waals surface area contributed by atoms with E-state index in [2.05, 4.69) is 11.9 Å². The number of ether oxygens (including phenoxy) is 1. The molecule has 3 rings (SSSR count). The molecule has 0 aliphatic rings. The second-order valence-electron chi connectivity index (χ2n) is 6.72. The molecule has 0 atom stereocenters. The van der Waals surface area contributed by atoms with E-state index in [4.69, 9.17) is 4.74 Å². The molecule has 7 heteroatoms. The second kappa shape index (κ2) is 9.11. The molecule has 3 nitrogen and oxygen atoms in total. The van der Waals surface area contributed by atoms with Crippen molar-refractivity contribution in [3.8, 4) is 17.1 Å². The van der Waals surface area contributed by atoms with E-state index >= 15 is 0 Å². The number of hydrogen-bond donors (Lipinski definition) is 0. The first-order chi connectivity index (χ1) is 13.9. The van der Waals surface area contributed by atoms with Gasteiger partial charge >= 0.3 is 6.18 Å². The topological polar surface area (TPSA) is 27.1 Å². The molecule has 0 aliphatic carbocycles. The van der Waals surface area contributed by atoms with Gasteiger partial charge in [0.2, 0.25) is 0 Å². The number of aromatic nitrogens is 2. The van der Waals surface area contributed by atoms with Gasteiger partial charge in [0.05, 0.1) is 19.3 Å². The third kappa shape index (κ3) is 5.16. The maximum Gasteiger partial charge on any atom is 0.433 e. The van der Waals surface area contributed by atoms with E-state index in [1.165, 1.54) is 24.3 Å². The summed E-state index contributed by atoms with van der Waals surface area (Å²) in [6.45, 7) is 2.53. The summed E-state index contributed by atoms with van der Waals surface area (Å²) in [5.41, 5.74) is 0.164. The van der Waals surface area contributed by atoms with Crippen molar-refractivity contribution in [3.63, 3.8) is 0 Å². The fraction of sp³-hybridized carbons (Fsp3) is 0.318. The molecule has 0 N–H and O–H groups in total. The Morgan fingerprint density at radius 2 is 1.72 bits per heavy atom. The van der Waals surface area contributed by atoms with Gasteiger partial charge < -0.3 is 9.30 Å². The van der Waals surface area contributed by atoms with Crippen LogP contribution in [0.5, 0.6) is 5.75 Å². The lowest BCUT2D eigenvalue weighted by Crippen LogP contribution is -2.15. The summed E-state index contributed by atoms with van der Waals surface area (Å²) < 4.78 is 60.9. The molecule has 0 amide bonds. The minimum absolute atomic E-state index is 0.0640. The Labute approximate surface area is 167 Å². The largest absolute Gasteiger partial charge is 0.493 e. The molecule has 0 unspecified atom stereocenters. The first-order valence-electron chi connectivity index (χ1n) is 9.49. The van der Waals surface area contributed by atoms with Crippen molar-refractivity contribution in [1.82, 2.24) is 9.55 Å². The lowest BCUT2D eigenvalue weighted by atomic mass is 10.1. The maximum absolute atomic E-state index is 13.6. The summed E-state index contributed by atoms with van der Waals surface area (Å²) in [6, 6.07) is 12.3. The molecule has 0 fully saturated rings. The highest BCUT2D eigenvalue weighted by atomic mass is 19.4. The van der Waals surface area contributed by atoms with Gasteiger partial charge in [-0.25, -0.2) is 9.37 Å². The number of halogens is 4. The van der Waals surface area contributed by atoms with Gasteiger partial charge in [0.1, 0.15) is 23.1 Å². The highest BCUT2D eigenvalue weighted by Crippen LogP contribution is 2.34. The minimum atomic E-state index is -4.57. The van der Waals surface area contributed by atoms with Crippen molar-refractivity contribution < 1.29 is 22.3 Å². The van der Waals surface area contributed by atoms with Crippen molar-refractivity contribution in [2.75, 3.05) is 6.61 Å². The molecule has 0 spiro atoms. The number of rotatable bonds is 8. The quantitative estimate of drug-likeness (QED) is 0.323. The molecule has 0 bridgehead atoms. The zero-order chi connectivity index (χ0) is 20.9. The van der Waals surface area contributed by atoms with Crippen LogP contribution in [0.3, 0.4) is 0 Å². The molecule has 3 aromatic rings. The van der Waals surface area contributed by atoms with Gasteiger partial charge in [-0.05, 0) is 36.8 Å². The van der Waals surface area contributed by atoms with E-state index in [9.17, 15) is 17.6 Å². The Morgan fingerprint density at radius 1 is 1.00 bits per heavy atom. The van der Waals surface area contributed by atoms with Gasteiger partial charge in [0.25, 0.3) is 0 Å². The van der Waals surface area contributed by atoms with Crippen LogP contribution in [0.1, 0.15) is 37.4 Å². The molecule has 1 aromatic heterocycles. The van der Waals surface area contributed by atoms with E-state index in [0.29, 0.717) is 23.5 Å². The predicted molar refractivity (Wildman–Crippen MR) is 103 cm³/mol. The third-order valence-electron chi connectivity index (χ3n) is 4.55. The first kappa shape index (κ1) is 20.9. The van der Waals surface area contributed by atoms with Crippen LogP contribution in [0.4, 0.5) is 17.6 Å². The predicted octanol–water partition coefficient (Wildman–Crippen LogP) is 6.33. The van der Waals surface area contributed by atoms with E-state index in [1.807, 2.05) is 0 Å². The molecular formula is C22H22F4N2O. The first-order valence-corrected chi connectivity index (χ1v) is 9.49. The number of imidazole rings is 1. The monoisotopic (exact) mass is 406 g/mol. The maximum atomic E-state index is 13.6. The average molecular weight is 406 g/mol. The van der Waals surface area contributed by atoms with Crippen LogP contribution in [-0.4, -0.2) is 16.2 Å². The van der Waals surface area contributed by atoms with Crippen molar-refractivity contribution in [3.05, 3.63) is 71.8 Å². The number of nitrogens with zero attached hydrogens (tertiary/aromatic N) is 2. The Morgan fingerprint density at radius 3 is 2.41 bits per heavy atom. The number of unbranched alkanes of at least 4 members (excludes halogenated alkanes) is 2. The molecule has 0 aliphatic heterocycles. The normalized spacial score (nSPS) is 11.6. The van der Waals surface area contributed by atoms with E-state index in [0.717, 1.165) is 30.0 Å². The Bertz CT molecular complexity index is 933. The standard InChI is InChI=1S/C22H22F4N2O/c1-2-3-6-13-29-19-8-5-4-7-17(19)15-28-20(22(24,25)26)14-27-21(28)16-9-11-18(23)12-10-16/h4-5,7-12,14H,2-3,6,13,15H2,1H3. The summed E-state index contributed by atoms with van der Waals surface area (Å²) in [5.74, 6) is 0.210. The Hall–Kier alpha value is -2.83. The van der Waals surface area contributed by atoms with Crippen molar-refractivity contribution >= 4 is 0 Å². The summed E-state index contributed by atoms with van der Waals surface area (Å²) in [7, 11) is 0. The van der Waals surface area contributed by atoms with Crippen LogP contribution < -0.4 is 4.74 Å². The molecular weight excluding hydrogens is 384 g/mol. The summed E-state index contributed by atoms with van der Waals surface area (Å²) in [6.07, 6.45) is -0.803. The van der Waals surface area contributed by atoms with Crippen molar-refractivity contribution in [2.45, 2.75) is 38.9 Å². The van der Waals surface area contributed by atoms with Crippen LogP contribution in [0, 0.1) is 5.82 Å². The Balaban J connectivity index is 1.96. The smallest absolute Gasteiger partial charge is 0.433 e. The zero-order valence-electron chi connectivity index (χ0n) is 16.0. The van der Waals surface area contributed by atoms with Gasteiger partial charge in [0, 0.05) is 11.1 Å². The third-order valence-corrected chi connectivity index (χ3v) is 4.55. The average Bonchev–Trinajstić information content (AvgIpc) is 3.11. The molecule has 1 heterocycles. The van der Waals surface area contributed by atoms with Gasteiger partial charge in [-0.15, -0.1) is 0 Å². The summed E-state index contributed by atoms with van der Waals surface area (Å²) >= 11 is 0. The van der Waals surface area contributed by atoms with Crippen LogP contribution in [0.2, 0.25) is 0 Å². The molecule has 0 radical (unpaired) electrons. The van der Waals surface area contributed by atoms with Gasteiger partial charge in [0.15, 0.2) is 0 Å². The van der Waals surface area contributed by atoms with Crippen LogP contribution >= 0.6 is 0 Å². The number of para-hydroxylation sites is 1. The lowest BCUT2D eigenvalue weighted by molar-refractivity contribution is -0.143. The van der Waals surface area contributed by atoms with Crippen LogP contribution in [0.15, 0.2) is 54.7 Å². The SMILES string of the molecule is CCCCCOc1ccccc1Cn1c(C(F)(F)F)cnc1-c1ccc(F)cc1. The fourth-order valence-corrected chi connectivity index (χ4v) is 3.07. The van der Waals surface area contributed by atoms with Crippen LogP contribution in [0.25, 0.3) is 11.4 Å². The van der Waals surface area contributed by atoms with Crippen molar-refractivity contribution in [1.29, 1.82) is 0 Å². The van der Waals surface area contributed by atoms with E-state index in [1.54, 1.807) is 24.3 Å². The number of benzene rings is 2. The number of alkyl halides is 3. The highest BCUT2D eigenvalue weighted by Gasteiger charge is 2.36. The van der Waals surface area contributed by atoms with Crippen molar-refractivity contribution in [2.24, 2.45) is 0 Å². The van der Waals surface area contributed by atoms with Gasteiger partial charge in [-0.1, -0.05) is 38.0 Å². The van der Waals surface area contributed by atoms with Gasteiger partial charge in [-0.3, -0.25) is 0 Å². The summed E-state index contributed by atoms with van der Waals surface area (Å²) in [5, 5.41) is 0. The summed E-state index contributed by atoms with van der Waals surface area (Å²) in [4.78, 5) is 3.97. The molecule has 0 saturated carbocycles. The van der Waals surface area contributed by atoms with Crippen LogP contribution in [-0.2, 0) is 12.7 Å². The second-order valence-corrected chi connectivity index (χ2v) is 6.72. The molecule has 0 saturated heterocycles. The fourth-order valence-electron chi connectivity index (χ4n) is 3.07. The highest BCUT2D eigenvalue weighted by molar-refractivity contribution is 5.56. The molecule has 154 valence electrons. The minimum Gasteiger partial charge on any atom is -0.493 e. The van der Waals surface area contributed by atoms with Gasteiger partial charge in [-0.2, -0.15) is 13.2 Å². The lowest BCUT2D eigenvalue weighted by Gasteiger charge is -2.17. The number of hydrogen-bond acceptors (Lipinski definition) is 2. The van der Waals surface area contributed by atoms with E-state index in [-0.39, 0.29) is 12.4 Å².